The molecule has 1 aliphatic rings. The number of aryl methyl sites for hydroxylation is 2. The highest BCUT2D eigenvalue weighted by Crippen LogP contribution is 2.22. The van der Waals surface area contributed by atoms with Gasteiger partial charge in [-0.05, 0) is 25.0 Å². The maximum atomic E-state index is 12.7. The molecule has 2 heterocycles. The van der Waals surface area contributed by atoms with Gasteiger partial charge in [0.05, 0.1) is 5.69 Å². The second kappa shape index (κ2) is 8.95. The van der Waals surface area contributed by atoms with Gasteiger partial charge in [-0.2, -0.15) is 0 Å². The maximum absolute atomic E-state index is 12.7. The predicted molar refractivity (Wildman–Crippen MR) is 121 cm³/mol. The van der Waals surface area contributed by atoms with E-state index in [1.165, 1.54) is 5.56 Å². The molecule has 1 aliphatic heterocycles. The van der Waals surface area contributed by atoms with Crippen molar-refractivity contribution < 1.29 is 4.79 Å². The standard InChI is InChI=1S/C24H27N5O/c1-3-19-6-4-5-7-21(19)27-24(30)29-14-12-28(13-15-29)23-16-22(25-17-26-23)20-10-8-18(2)9-11-20/h4-11,16-17H,3,12-15H2,1-2H3,(H,27,30). The highest BCUT2D eigenvalue weighted by Gasteiger charge is 2.22. The normalized spacial score (nSPS) is 13.9. The molecule has 6 nitrogen and oxygen atoms in total. The van der Waals surface area contributed by atoms with Gasteiger partial charge in [0.15, 0.2) is 0 Å². The third-order valence-corrected chi connectivity index (χ3v) is 5.53. The Bertz CT molecular complexity index is 1010. The molecule has 30 heavy (non-hydrogen) atoms. The number of amides is 2. The van der Waals surface area contributed by atoms with Crippen LogP contribution in [0.4, 0.5) is 16.3 Å². The van der Waals surface area contributed by atoms with Gasteiger partial charge in [-0.15, -0.1) is 0 Å². The minimum atomic E-state index is -0.0430. The lowest BCUT2D eigenvalue weighted by Gasteiger charge is -2.35. The van der Waals surface area contributed by atoms with E-state index in [9.17, 15) is 4.79 Å². The van der Waals surface area contributed by atoms with Gasteiger partial charge in [0.25, 0.3) is 0 Å². The minimum Gasteiger partial charge on any atom is -0.353 e. The number of urea groups is 1. The third kappa shape index (κ3) is 4.43. The zero-order valence-corrected chi connectivity index (χ0v) is 17.5. The predicted octanol–water partition coefficient (Wildman–Crippen LogP) is 4.37. The van der Waals surface area contributed by atoms with Crippen molar-refractivity contribution in [2.45, 2.75) is 20.3 Å². The van der Waals surface area contributed by atoms with Crippen molar-refractivity contribution in [3.05, 3.63) is 72.1 Å². The van der Waals surface area contributed by atoms with Crippen LogP contribution in [0.25, 0.3) is 11.3 Å². The lowest BCUT2D eigenvalue weighted by atomic mass is 10.1. The molecule has 1 saturated heterocycles. The summed E-state index contributed by atoms with van der Waals surface area (Å²) in [5.74, 6) is 0.900. The molecule has 1 aromatic heterocycles. The van der Waals surface area contributed by atoms with Crippen LogP contribution in [-0.4, -0.2) is 47.1 Å². The second-order valence-corrected chi connectivity index (χ2v) is 7.54. The van der Waals surface area contributed by atoms with E-state index in [0.29, 0.717) is 13.1 Å². The Labute approximate surface area is 177 Å². The number of carbonyl (C=O) groups excluding carboxylic acids is 1. The van der Waals surface area contributed by atoms with Crippen LogP contribution in [-0.2, 0) is 6.42 Å². The molecule has 0 spiro atoms. The Morgan fingerprint density at radius 1 is 1.00 bits per heavy atom. The zero-order chi connectivity index (χ0) is 20.9. The second-order valence-electron chi connectivity index (χ2n) is 7.54. The molecule has 154 valence electrons. The van der Waals surface area contributed by atoms with Gasteiger partial charge in [-0.1, -0.05) is 55.0 Å². The summed E-state index contributed by atoms with van der Waals surface area (Å²) in [7, 11) is 0. The summed E-state index contributed by atoms with van der Waals surface area (Å²) in [5, 5.41) is 3.06. The van der Waals surface area contributed by atoms with Crippen LogP contribution >= 0.6 is 0 Å². The van der Waals surface area contributed by atoms with Crippen molar-refractivity contribution in [2.75, 3.05) is 36.4 Å². The Hall–Kier alpha value is -3.41. The van der Waals surface area contributed by atoms with E-state index in [1.54, 1.807) is 6.33 Å². The molecule has 0 saturated carbocycles. The van der Waals surface area contributed by atoms with Crippen LogP contribution in [0.2, 0.25) is 0 Å². The van der Waals surface area contributed by atoms with Crippen LogP contribution in [0.3, 0.4) is 0 Å². The topological polar surface area (TPSA) is 61.4 Å². The molecular formula is C24H27N5O. The van der Waals surface area contributed by atoms with Gasteiger partial charge >= 0.3 is 6.03 Å². The molecule has 4 rings (SSSR count). The molecule has 0 unspecified atom stereocenters. The van der Waals surface area contributed by atoms with Crippen LogP contribution in [0, 0.1) is 6.92 Å². The number of rotatable bonds is 4. The number of anilines is 2. The summed E-state index contributed by atoms with van der Waals surface area (Å²) in [5.41, 5.74) is 5.26. The molecule has 3 aromatic rings. The number of carbonyl (C=O) groups is 1. The fraction of sp³-hybridized carbons (Fsp3) is 0.292. The molecule has 0 radical (unpaired) electrons. The average molecular weight is 402 g/mol. The summed E-state index contributed by atoms with van der Waals surface area (Å²) in [6.45, 7) is 6.97. The van der Waals surface area contributed by atoms with Crippen molar-refractivity contribution in [1.82, 2.24) is 14.9 Å². The first-order chi connectivity index (χ1) is 14.6. The quantitative estimate of drug-likeness (QED) is 0.705. The summed E-state index contributed by atoms with van der Waals surface area (Å²) < 4.78 is 0. The lowest BCUT2D eigenvalue weighted by molar-refractivity contribution is 0.208. The highest BCUT2D eigenvalue weighted by molar-refractivity contribution is 5.90. The largest absolute Gasteiger partial charge is 0.353 e. The summed E-state index contributed by atoms with van der Waals surface area (Å²) in [6, 6.07) is 18.3. The van der Waals surface area contributed by atoms with Gasteiger partial charge in [-0.25, -0.2) is 14.8 Å². The molecule has 0 bridgehead atoms. The fourth-order valence-corrected chi connectivity index (χ4v) is 3.69. The number of piperazine rings is 1. The van der Waals surface area contributed by atoms with Crippen molar-refractivity contribution in [3.8, 4) is 11.3 Å². The van der Waals surface area contributed by atoms with E-state index in [1.807, 2.05) is 35.2 Å². The molecule has 2 aromatic carbocycles. The number of nitrogens with one attached hydrogen (secondary N) is 1. The highest BCUT2D eigenvalue weighted by atomic mass is 16.2. The number of hydrogen-bond acceptors (Lipinski definition) is 4. The molecule has 0 aliphatic carbocycles. The molecule has 2 amide bonds. The van der Waals surface area contributed by atoms with Crippen molar-refractivity contribution in [2.24, 2.45) is 0 Å². The lowest BCUT2D eigenvalue weighted by Crippen LogP contribution is -2.50. The number of nitrogens with zero attached hydrogens (tertiary/aromatic N) is 4. The van der Waals surface area contributed by atoms with E-state index in [2.05, 4.69) is 58.3 Å². The van der Waals surface area contributed by atoms with Crippen LogP contribution < -0.4 is 10.2 Å². The van der Waals surface area contributed by atoms with Crippen LogP contribution in [0.1, 0.15) is 18.1 Å². The summed E-state index contributed by atoms with van der Waals surface area (Å²) in [6.07, 6.45) is 2.51. The average Bonchev–Trinajstić information content (AvgIpc) is 2.80. The van der Waals surface area contributed by atoms with E-state index in [0.717, 1.165) is 47.8 Å². The first-order valence-corrected chi connectivity index (χ1v) is 10.4. The van der Waals surface area contributed by atoms with Crippen molar-refractivity contribution in [1.29, 1.82) is 0 Å². The molecular weight excluding hydrogens is 374 g/mol. The van der Waals surface area contributed by atoms with Gasteiger partial charge in [0, 0.05) is 43.5 Å². The van der Waals surface area contributed by atoms with Gasteiger partial charge in [-0.3, -0.25) is 0 Å². The minimum absolute atomic E-state index is 0.0430. The van der Waals surface area contributed by atoms with E-state index in [-0.39, 0.29) is 6.03 Å². The number of hydrogen-bond donors (Lipinski definition) is 1. The Morgan fingerprint density at radius 3 is 2.47 bits per heavy atom. The van der Waals surface area contributed by atoms with Gasteiger partial charge in [0.2, 0.25) is 0 Å². The van der Waals surface area contributed by atoms with E-state index < -0.39 is 0 Å². The third-order valence-electron chi connectivity index (χ3n) is 5.53. The van der Waals surface area contributed by atoms with E-state index in [4.69, 9.17) is 0 Å². The van der Waals surface area contributed by atoms with Crippen molar-refractivity contribution >= 4 is 17.5 Å². The van der Waals surface area contributed by atoms with Crippen LogP contribution in [0.5, 0.6) is 0 Å². The number of para-hydroxylation sites is 1. The summed E-state index contributed by atoms with van der Waals surface area (Å²) >= 11 is 0. The summed E-state index contributed by atoms with van der Waals surface area (Å²) in [4.78, 5) is 25.7. The monoisotopic (exact) mass is 401 g/mol. The SMILES string of the molecule is CCc1ccccc1NC(=O)N1CCN(c2cc(-c3ccc(C)cc3)ncn2)CC1. The van der Waals surface area contributed by atoms with Gasteiger partial charge in [0.1, 0.15) is 12.1 Å². The molecule has 1 fully saturated rings. The molecule has 0 atom stereocenters. The Kier molecular flexibility index (Phi) is 5.93. The van der Waals surface area contributed by atoms with Crippen LogP contribution in [0.15, 0.2) is 60.9 Å². The van der Waals surface area contributed by atoms with Gasteiger partial charge < -0.3 is 15.1 Å². The molecule has 1 N–H and O–H groups in total. The zero-order valence-electron chi connectivity index (χ0n) is 17.5. The smallest absolute Gasteiger partial charge is 0.321 e. The van der Waals surface area contributed by atoms with E-state index >= 15 is 0 Å². The number of benzene rings is 2. The first kappa shape index (κ1) is 19.9. The Morgan fingerprint density at radius 2 is 1.73 bits per heavy atom. The Balaban J connectivity index is 1.39. The molecule has 6 heteroatoms. The number of aromatic nitrogens is 2. The maximum Gasteiger partial charge on any atom is 0.321 e. The van der Waals surface area contributed by atoms with Crippen molar-refractivity contribution in [3.63, 3.8) is 0 Å². The fourth-order valence-electron chi connectivity index (χ4n) is 3.69. The first-order valence-electron chi connectivity index (χ1n) is 10.4.